The zero-order chi connectivity index (χ0) is 10.1. The van der Waals surface area contributed by atoms with Gasteiger partial charge in [-0.3, -0.25) is 0 Å². The van der Waals surface area contributed by atoms with Crippen molar-refractivity contribution in [2.75, 3.05) is 0 Å². The zero-order valence-electron chi connectivity index (χ0n) is 6.84. The SMILES string of the molecule is Clc1ccsc1C(Br)c1csc(I)c1. The van der Waals surface area contributed by atoms with E-state index in [0.29, 0.717) is 0 Å². The minimum atomic E-state index is 0.231. The maximum Gasteiger partial charge on any atom is 0.0761 e. The summed E-state index contributed by atoms with van der Waals surface area (Å²) in [5, 5.41) is 5.03. The lowest BCUT2D eigenvalue weighted by Gasteiger charge is -2.05. The number of hydrogen-bond acceptors (Lipinski definition) is 2. The number of rotatable bonds is 2. The van der Waals surface area contributed by atoms with Crippen molar-refractivity contribution < 1.29 is 0 Å². The van der Waals surface area contributed by atoms with Gasteiger partial charge < -0.3 is 0 Å². The molecule has 0 fully saturated rings. The highest BCUT2D eigenvalue weighted by atomic mass is 127. The highest BCUT2D eigenvalue weighted by Crippen LogP contribution is 2.40. The number of thiophene rings is 2. The van der Waals surface area contributed by atoms with Gasteiger partial charge in [0, 0.05) is 4.88 Å². The summed E-state index contributed by atoms with van der Waals surface area (Å²) < 4.78 is 1.30. The van der Waals surface area contributed by atoms with Crippen LogP contribution in [0.25, 0.3) is 0 Å². The smallest absolute Gasteiger partial charge is 0.0761 e. The molecule has 2 aromatic rings. The van der Waals surface area contributed by atoms with Crippen molar-refractivity contribution in [3.8, 4) is 0 Å². The van der Waals surface area contributed by atoms with Crippen LogP contribution in [0.15, 0.2) is 22.9 Å². The topological polar surface area (TPSA) is 0 Å². The van der Waals surface area contributed by atoms with Crippen molar-refractivity contribution in [2.24, 2.45) is 0 Å². The number of hydrogen-bond donors (Lipinski definition) is 0. The molecule has 14 heavy (non-hydrogen) atoms. The van der Waals surface area contributed by atoms with Crippen LogP contribution >= 0.6 is 72.8 Å². The van der Waals surface area contributed by atoms with Crippen molar-refractivity contribution in [1.82, 2.24) is 0 Å². The third-order valence-corrected chi connectivity index (χ3v) is 6.28. The molecule has 2 rings (SSSR count). The quantitative estimate of drug-likeness (QED) is 0.442. The van der Waals surface area contributed by atoms with Crippen LogP contribution in [0.1, 0.15) is 15.3 Å². The van der Waals surface area contributed by atoms with Gasteiger partial charge in [-0.15, -0.1) is 22.7 Å². The Balaban J connectivity index is 2.33. The second kappa shape index (κ2) is 4.82. The minimum absolute atomic E-state index is 0.231. The summed E-state index contributed by atoms with van der Waals surface area (Å²) in [7, 11) is 0. The van der Waals surface area contributed by atoms with Gasteiger partial charge in [-0.05, 0) is 51.0 Å². The van der Waals surface area contributed by atoms with Crippen LogP contribution in [-0.2, 0) is 0 Å². The molecular weight excluding hydrogens is 414 g/mol. The predicted octanol–water partition coefficient (Wildman–Crippen LogP) is 5.55. The molecule has 0 spiro atoms. The Bertz CT molecular complexity index is 437. The molecule has 5 heteroatoms. The molecule has 0 radical (unpaired) electrons. The molecule has 0 aromatic carbocycles. The number of alkyl halides is 1. The van der Waals surface area contributed by atoms with Crippen LogP contribution in [-0.4, -0.2) is 0 Å². The summed E-state index contributed by atoms with van der Waals surface area (Å²) in [6.45, 7) is 0. The van der Waals surface area contributed by atoms with E-state index in [2.05, 4.69) is 50.0 Å². The van der Waals surface area contributed by atoms with Crippen molar-refractivity contribution in [3.63, 3.8) is 0 Å². The summed E-state index contributed by atoms with van der Waals surface area (Å²) >= 11 is 15.5. The molecule has 0 amide bonds. The molecule has 0 nitrogen and oxygen atoms in total. The molecule has 1 unspecified atom stereocenters. The maximum absolute atomic E-state index is 6.07. The molecule has 0 aliphatic carbocycles. The second-order valence-electron chi connectivity index (χ2n) is 2.68. The monoisotopic (exact) mass is 418 g/mol. The van der Waals surface area contributed by atoms with Crippen LogP contribution in [0.5, 0.6) is 0 Å². The van der Waals surface area contributed by atoms with E-state index in [-0.39, 0.29) is 4.83 Å². The summed E-state index contributed by atoms with van der Waals surface area (Å²) in [6.07, 6.45) is 0. The first-order valence-corrected chi connectivity index (χ1v) is 7.92. The average molecular weight is 420 g/mol. The Labute approximate surface area is 118 Å². The van der Waals surface area contributed by atoms with E-state index >= 15 is 0 Å². The van der Waals surface area contributed by atoms with Gasteiger partial charge in [0.1, 0.15) is 0 Å². The Kier molecular flexibility index (Phi) is 3.92. The molecule has 0 N–H and O–H groups in total. The van der Waals surface area contributed by atoms with E-state index in [1.165, 1.54) is 13.3 Å². The van der Waals surface area contributed by atoms with Gasteiger partial charge in [-0.1, -0.05) is 27.5 Å². The maximum atomic E-state index is 6.07. The van der Waals surface area contributed by atoms with Gasteiger partial charge in [0.15, 0.2) is 0 Å². The van der Waals surface area contributed by atoms with Crippen molar-refractivity contribution in [3.05, 3.63) is 41.2 Å². The first-order chi connectivity index (χ1) is 6.68. The van der Waals surface area contributed by atoms with Crippen molar-refractivity contribution >= 4 is 72.8 Å². The summed E-state index contributed by atoms with van der Waals surface area (Å²) in [5.74, 6) is 0. The normalized spacial score (nSPS) is 13.1. The lowest BCUT2D eigenvalue weighted by Crippen LogP contribution is -1.86. The Morgan fingerprint density at radius 1 is 1.43 bits per heavy atom. The fraction of sp³-hybridized carbons (Fsp3) is 0.111. The van der Waals surface area contributed by atoms with E-state index in [1.54, 1.807) is 22.7 Å². The molecular formula is C9H5BrClIS2. The van der Waals surface area contributed by atoms with Crippen LogP contribution in [0.4, 0.5) is 0 Å². The third kappa shape index (κ3) is 2.35. The van der Waals surface area contributed by atoms with E-state index in [4.69, 9.17) is 11.6 Å². The van der Waals surface area contributed by atoms with Crippen LogP contribution < -0.4 is 0 Å². The highest BCUT2D eigenvalue weighted by Gasteiger charge is 2.16. The first-order valence-electron chi connectivity index (χ1n) is 3.79. The Morgan fingerprint density at radius 3 is 2.71 bits per heavy atom. The minimum Gasteiger partial charge on any atom is -0.146 e. The summed E-state index contributed by atoms with van der Waals surface area (Å²) in [6, 6.07) is 4.12. The largest absolute Gasteiger partial charge is 0.146 e. The molecule has 1 atom stereocenters. The molecule has 2 heterocycles. The molecule has 74 valence electrons. The Morgan fingerprint density at radius 2 is 2.21 bits per heavy atom. The lowest BCUT2D eigenvalue weighted by molar-refractivity contribution is 1.25. The van der Waals surface area contributed by atoms with Gasteiger partial charge in [-0.2, -0.15) is 0 Å². The van der Waals surface area contributed by atoms with Crippen LogP contribution in [0.2, 0.25) is 5.02 Å². The first kappa shape index (κ1) is 11.4. The van der Waals surface area contributed by atoms with E-state index in [1.807, 2.05) is 11.4 Å². The molecule has 0 aliphatic heterocycles. The Hall–Kier alpha value is 0.900. The van der Waals surface area contributed by atoms with Crippen LogP contribution in [0, 0.1) is 2.88 Å². The fourth-order valence-corrected chi connectivity index (χ4v) is 4.80. The third-order valence-electron chi connectivity index (χ3n) is 1.76. The lowest BCUT2D eigenvalue weighted by atomic mass is 10.2. The van der Waals surface area contributed by atoms with Gasteiger partial charge >= 0.3 is 0 Å². The van der Waals surface area contributed by atoms with E-state index in [0.717, 1.165) is 5.02 Å². The van der Waals surface area contributed by atoms with Gasteiger partial charge in [0.2, 0.25) is 0 Å². The van der Waals surface area contributed by atoms with Crippen molar-refractivity contribution in [1.29, 1.82) is 0 Å². The standard InChI is InChI=1S/C9H5BrClIS2/c10-8(5-3-7(12)14-4-5)9-6(11)1-2-13-9/h1-4,8H. The average Bonchev–Trinajstić information content (AvgIpc) is 2.73. The number of halogens is 3. The van der Waals surface area contributed by atoms with Crippen molar-refractivity contribution in [2.45, 2.75) is 4.83 Å². The summed E-state index contributed by atoms with van der Waals surface area (Å²) in [4.78, 5) is 1.41. The molecule has 0 saturated heterocycles. The van der Waals surface area contributed by atoms with Gasteiger partial charge in [0.25, 0.3) is 0 Å². The molecule has 2 aromatic heterocycles. The van der Waals surface area contributed by atoms with Crippen LogP contribution in [0.3, 0.4) is 0 Å². The molecule has 0 bridgehead atoms. The fourth-order valence-electron chi connectivity index (χ4n) is 1.09. The highest BCUT2D eigenvalue weighted by molar-refractivity contribution is 14.1. The predicted molar refractivity (Wildman–Crippen MR) is 77.1 cm³/mol. The summed E-state index contributed by atoms with van der Waals surface area (Å²) in [5.41, 5.74) is 1.28. The molecule has 0 aliphatic rings. The van der Waals surface area contributed by atoms with Gasteiger partial charge in [0.05, 0.1) is 12.7 Å². The zero-order valence-corrected chi connectivity index (χ0v) is 13.0. The molecule has 0 saturated carbocycles. The second-order valence-corrected chi connectivity index (χ2v) is 7.76. The van der Waals surface area contributed by atoms with E-state index < -0.39 is 0 Å². The van der Waals surface area contributed by atoms with Gasteiger partial charge in [-0.25, -0.2) is 0 Å². The van der Waals surface area contributed by atoms with E-state index in [9.17, 15) is 0 Å².